The zero-order valence-electron chi connectivity index (χ0n) is 33.4. The zero-order valence-corrected chi connectivity index (χ0v) is 36.9. The third kappa shape index (κ3) is 8.13. The number of carbonyl (C=O) groups excluding carboxylic acids is 2. The van der Waals surface area contributed by atoms with Gasteiger partial charge in [-0.1, -0.05) is 48.6 Å². The molecule has 0 spiro atoms. The van der Waals surface area contributed by atoms with Gasteiger partial charge in [-0.25, -0.2) is 38.9 Å². The first-order valence-electron chi connectivity index (χ1n) is 19.7. The van der Waals surface area contributed by atoms with Gasteiger partial charge >= 0.3 is 13.5 Å². The molecule has 6 aromatic rings. The van der Waals surface area contributed by atoms with E-state index in [-0.39, 0.29) is 60.0 Å². The summed E-state index contributed by atoms with van der Waals surface area (Å²) in [6, 6.07) is 19.0. The van der Waals surface area contributed by atoms with Crippen LogP contribution in [0, 0.1) is 11.3 Å². The summed E-state index contributed by atoms with van der Waals surface area (Å²) >= 11 is 10.2. The quantitative estimate of drug-likeness (QED) is 0.0926. The van der Waals surface area contributed by atoms with Crippen molar-refractivity contribution in [2.24, 2.45) is 0 Å². The van der Waals surface area contributed by atoms with Crippen molar-refractivity contribution in [2.75, 3.05) is 37.1 Å². The van der Waals surface area contributed by atoms with E-state index in [1.807, 2.05) is 6.07 Å². The largest absolute Gasteiger partial charge is 0.386 e. The van der Waals surface area contributed by atoms with Gasteiger partial charge in [-0.2, -0.15) is 5.26 Å². The fraction of sp³-hybridized carbons (Fsp3) is 0.342. The molecule has 27 heteroatoms. The summed E-state index contributed by atoms with van der Waals surface area (Å²) in [7, 11) is 0. The van der Waals surface area contributed by atoms with Gasteiger partial charge in [-0.15, -0.1) is 0 Å². The molecule has 4 aliphatic heterocycles. The number of hydrogen-bond donors (Lipinski definition) is 3. The van der Waals surface area contributed by atoms with Crippen molar-refractivity contribution < 1.29 is 55.4 Å². The van der Waals surface area contributed by atoms with Gasteiger partial charge in [0.05, 0.1) is 58.0 Å². The molecule has 0 radical (unpaired) electrons. The van der Waals surface area contributed by atoms with Gasteiger partial charge in [0.1, 0.15) is 31.1 Å². The first-order chi connectivity index (χ1) is 31.4. The second-order valence-electron chi connectivity index (χ2n) is 14.9. The molecule has 10 rings (SSSR count). The Bertz CT molecular complexity index is 2950. The first-order valence-corrected chi connectivity index (χ1v) is 25.0. The van der Waals surface area contributed by atoms with Crippen LogP contribution in [-0.4, -0.2) is 107 Å². The van der Waals surface area contributed by atoms with Crippen molar-refractivity contribution in [1.29, 1.82) is 5.26 Å². The molecule has 8 heterocycles. The van der Waals surface area contributed by atoms with Crippen molar-refractivity contribution >= 4 is 83.3 Å². The van der Waals surface area contributed by atoms with E-state index in [1.54, 1.807) is 65.2 Å². The van der Waals surface area contributed by atoms with Gasteiger partial charge in [0.2, 0.25) is 5.79 Å². The standard InChI is InChI=1S/C38H34FN11O11P2S2/c39-26-29-24(58-36(26)50-21-46-28-31(42-19-44-33(28)50)48-35(52)23-10-5-2-6-11-23)15-56-63(65,55-13-7-12-40)61-38-14-25(59-37(38,16-54-38)17-57-62(53,64)60-29)49-20-45-27-30(41-18-43-32(27)49)47-34(51)22-8-3-1-4-9-22/h1-6,8-11,18-21,24-26,29,36H,7,13-17H2,(H,53,64)(H,41,43,47,51)(H,42,44,48,52)/t24-,25-,26-,29-,36-,37-,38-,62?,63?/m1/s1. The second kappa shape index (κ2) is 17.2. The highest BCUT2D eigenvalue weighted by atomic mass is 32.7. The molecule has 4 saturated heterocycles. The molecule has 0 saturated carbocycles. The number of anilines is 2. The molecule has 9 atom stereocenters. The van der Waals surface area contributed by atoms with Crippen LogP contribution < -0.4 is 10.6 Å². The Balaban J connectivity index is 0.929. The van der Waals surface area contributed by atoms with Crippen LogP contribution in [0.3, 0.4) is 0 Å². The van der Waals surface area contributed by atoms with E-state index in [2.05, 4.69) is 52.8 Å². The SMILES string of the molecule is N#CCCOP1(=S)OC[C@H]2O[C@@H](n3cnc4c(NC(=O)c5ccccc5)ncnc43)[C@H](F)[C@@H]2OP(=O)(S)OC[C@]23CO[C@]2(C[C@H](n2cnc4c(NC(=O)c5ccccc5)ncnc42)O3)O1. The number of nitriles is 1. The molecular formula is C38H34FN11O11P2S2. The molecule has 2 aromatic carbocycles. The van der Waals surface area contributed by atoms with E-state index in [0.29, 0.717) is 11.1 Å². The molecule has 0 bridgehead atoms. The minimum atomic E-state index is -4.49. The summed E-state index contributed by atoms with van der Waals surface area (Å²) in [6.07, 6.45) is -2.69. The third-order valence-electron chi connectivity index (χ3n) is 11.0. The Kier molecular flexibility index (Phi) is 11.6. The number of hydrogen-bond acceptors (Lipinski definition) is 19. The number of fused-ring (bicyclic) bond motifs is 3. The monoisotopic (exact) mass is 965 g/mol. The van der Waals surface area contributed by atoms with Crippen LogP contribution in [0.2, 0.25) is 0 Å². The van der Waals surface area contributed by atoms with Crippen molar-refractivity contribution in [3.8, 4) is 6.07 Å². The molecule has 2 unspecified atom stereocenters. The van der Waals surface area contributed by atoms with Crippen LogP contribution in [0.15, 0.2) is 86.0 Å². The highest BCUT2D eigenvalue weighted by Crippen LogP contribution is 2.66. The molecule has 2 N–H and O–H groups in total. The van der Waals surface area contributed by atoms with Gasteiger partial charge in [-0.3, -0.25) is 32.3 Å². The number of aromatic nitrogens is 8. The maximum Gasteiger partial charge on any atom is 0.386 e. The van der Waals surface area contributed by atoms with Crippen LogP contribution in [0.25, 0.3) is 22.3 Å². The summed E-state index contributed by atoms with van der Waals surface area (Å²) in [4.78, 5) is 51.9. The number of thiol groups is 1. The Morgan fingerprint density at radius 3 is 2.12 bits per heavy atom. The molecular weight excluding hydrogens is 932 g/mol. The lowest BCUT2D eigenvalue weighted by Gasteiger charge is -2.52. The average Bonchev–Trinajstić information content (AvgIpc) is 4.06. The molecule has 4 fully saturated rings. The van der Waals surface area contributed by atoms with Crippen molar-refractivity contribution in [3.05, 3.63) is 97.1 Å². The van der Waals surface area contributed by atoms with Gasteiger partial charge in [0, 0.05) is 11.1 Å². The fourth-order valence-corrected chi connectivity index (χ4v) is 11.5. The maximum atomic E-state index is 16.9. The number of amides is 2. The number of imidazole rings is 2. The van der Waals surface area contributed by atoms with Crippen LogP contribution in [0.5, 0.6) is 0 Å². The lowest BCUT2D eigenvalue weighted by Crippen LogP contribution is -2.69. The normalized spacial score (nSPS) is 31.1. The summed E-state index contributed by atoms with van der Waals surface area (Å²) in [5.41, 5.74) is -0.0946. The molecule has 4 aliphatic rings. The topological polar surface area (TPSA) is 260 Å². The number of nitrogens with one attached hydrogen (secondary N) is 2. The van der Waals surface area contributed by atoms with E-state index in [4.69, 9.17) is 48.6 Å². The average molecular weight is 966 g/mol. The number of benzene rings is 2. The Labute approximate surface area is 377 Å². The van der Waals surface area contributed by atoms with Gasteiger partial charge in [0.15, 0.2) is 52.0 Å². The predicted octanol–water partition coefficient (Wildman–Crippen LogP) is 5.43. The highest BCUT2D eigenvalue weighted by molar-refractivity contribution is 8.44. The molecule has 22 nitrogen and oxygen atoms in total. The lowest BCUT2D eigenvalue weighted by atomic mass is 9.89. The van der Waals surface area contributed by atoms with Crippen LogP contribution in [0.1, 0.15) is 46.0 Å². The Morgan fingerprint density at radius 1 is 0.908 bits per heavy atom. The number of rotatable bonds is 9. The Hall–Kier alpha value is -5.19. The highest BCUT2D eigenvalue weighted by Gasteiger charge is 2.73. The minimum absolute atomic E-state index is 0.0554. The van der Waals surface area contributed by atoms with E-state index in [0.717, 1.165) is 0 Å². The molecule has 0 aliphatic carbocycles. The molecule has 336 valence electrons. The van der Waals surface area contributed by atoms with E-state index in [9.17, 15) is 19.4 Å². The van der Waals surface area contributed by atoms with Crippen LogP contribution in [0.4, 0.5) is 16.0 Å². The van der Waals surface area contributed by atoms with Crippen LogP contribution >= 0.6 is 25.8 Å². The maximum absolute atomic E-state index is 16.9. The summed E-state index contributed by atoms with van der Waals surface area (Å²) in [5, 5.41) is 14.8. The smallest absolute Gasteiger partial charge is 0.346 e. The number of nitrogens with zero attached hydrogens (tertiary/aromatic N) is 9. The number of halogens is 1. The second-order valence-corrected chi connectivity index (χ2v) is 20.8. The van der Waals surface area contributed by atoms with Crippen molar-refractivity contribution in [1.82, 2.24) is 39.0 Å². The molecule has 65 heavy (non-hydrogen) atoms. The van der Waals surface area contributed by atoms with Gasteiger partial charge in [-0.05, 0) is 36.1 Å². The van der Waals surface area contributed by atoms with Gasteiger partial charge < -0.3 is 33.9 Å². The number of alkyl halides is 1. The van der Waals surface area contributed by atoms with Crippen molar-refractivity contribution in [2.45, 2.75) is 55.1 Å². The van der Waals surface area contributed by atoms with E-state index < -0.39 is 80.8 Å². The number of ether oxygens (including phenoxy) is 3. The van der Waals surface area contributed by atoms with Crippen molar-refractivity contribution in [3.63, 3.8) is 0 Å². The zero-order chi connectivity index (χ0) is 45.0. The summed E-state index contributed by atoms with van der Waals surface area (Å²) < 4.78 is 83.2. The fourth-order valence-electron chi connectivity index (χ4n) is 7.79. The lowest BCUT2D eigenvalue weighted by molar-refractivity contribution is -0.368. The summed E-state index contributed by atoms with van der Waals surface area (Å²) in [5.74, 6) is -2.47. The van der Waals surface area contributed by atoms with E-state index >= 15 is 4.39 Å². The van der Waals surface area contributed by atoms with Crippen LogP contribution in [-0.2, 0) is 53.2 Å². The first kappa shape index (κ1) is 43.7. The number of carbonyl (C=O) groups is 2. The minimum Gasteiger partial charge on any atom is -0.346 e. The molecule has 4 aromatic heterocycles. The predicted molar refractivity (Wildman–Crippen MR) is 229 cm³/mol. The molecule has 2 amide bonds. The van der Waals surface area contributed by atoms with Gasteiger partial charge in [0.25, 0.3) is 11.8 Å². The summed E-state index contributed by atoms with van der Waals surface area (Å²) in [6.45, 7) is -9.98. The third-order valence-corrected chi connectivity index (χ3v) is 14.9. The van der Waals surface area contributed by atoms with E-state index in [1.165, 1.54) is 29.9 Å². The Morgan fingerprint density at radius 2 is 1.52 bits per heavy atom.